The fourth-order valence-electron chi connectivity index (χ4n) is 2.33. The van der Waals surface area contributed by atoms with Crippen LogP contribution in [-0.4, -0.2) is 50.1 Å². The van der Waals surface area contributed by atoms with E-state index in [0.717, 1.165) is 9.13 Å². The van der Waals surface area contributed by atoms with Crippen molar-refractivity contribution in [1.29, 1.82) is 0 Å². The summed E-state index contributed by atoms with van der Waals surface area (Å²) in [5, 5.41) is 5.29. The minimum Gasteiger partial charge on any atom is -0.469 e. The Kier molecular flexibility index (Phi) is 11.2. The number of ether oxygens (including phenoxy) is 2. The van der Waals surface area contributed by atoms with E-state index in [1.807, 2.05) is 24.3 Å². The maximum Gasteiger partial charge on any atom is 0.305 e. The van der Waals surface area contributed by atoms with Crippen molar-refractivity contribution in [3.05, 3.63) is 33.4 Å². The van der Waals surface area contributed by atoms with E-state index in [-0.39, 0.29) is 32.2 Å². The van der Waals surface area contributed by atoms with E-state index in [9.17, 15) is 19.2 Å². The molecule has 9 nitrogen and oxygen atoms in total. The zero-order valence-electron chi connectivity index (χ0n) is 16.4. The van der Waals surface area contributed by atoms with Crippen molar-refractivity contribution in [2.45, 2.75) is 44.3 Å². The highest BCUT2D eigenvalue weighted by atomic mass is 127. The van der Waals surface area contributed by atoms with Crippen LogP contribution in [0.15, 0.2) is 24.3 Å². The molecule has 0 fully saturated rings. The van der Waals surface area contributed by atoms with Crippen molar-refractivity contribution in [3.8, 4) is 0 Å². The average molecular weight is 519 g/mol. The second-order valence-electron chi connectivity index (χ2n) is 6.24. The Balaban J connectivity index is 2.68. The van der Waals surface area contributed by atoms with Gasteiger partial charge >= 0.3 is 11.9 Å². The van der Waals surface area contributed by atoms with Gasteiger partial charge in [-0.1, -0.05) is 12.1 Å². The van der Waals surface area contributed by atoms with Crippen molar-refractivity contribution in [2.24, 2.45) is 5.73 Å². The summed E-state index contributed by atoms with van der Waals surface area (Å²) in [6, 6.07) is 5.64. The van der Waals surface area contributed by atoms with E-state index in [1.54, 1.807) is 0 Å². The summed E-state index contributed by atoms with van der Waals surface area (Å²) in [7, 11) is 2.49. The first-order chi connectivity index (χ1) is 13.8. The molecule has 0 saturated carbocycles. The number of rotatable bonds is 11. The zero-order chi connectivity index (χ0) is 21.8. The molecule has 10 heteroatoms. The molecule has 0 aliphatic heterocycles. The maximum atomic E-state index is 12.6. The number of carbonyl (C=O) groups is 4. The van der Waals surface area contributed by atoms with Crippen molar-refractivity contribution in [2.75, 3.05) is 14.2 Å². The van der Waals surface area contributed by atoms with Crippen LogP contribution in [0.2, 0.25) is 0 Å². The van der Waals surface area contributed by atoms with Gasteiger partial charge in [-0.2, -0.15) is 0 Å². The molecular formula is C19H26IN3O6. The molecule has 0 saturated heterocycles. The molecule has 2 amide bonds. The Labute approximate surface area is 183 Å². The third-order valence-electron chi connectivity index (χ3n) is 4.10. The number of nitrogens with two attached hydrogens (primary N) is 1. The number of hydrogen-bond acceptors (Lipinski definition) is 7. The lowest BCUT2D eigenvalue weighted by Gasteiger charge is -2.20. The van der Waals surface area contributed by atoms with Gasteiger partial charge in [0.15, 0.2) is 0 Å². The predicted molar refractivity (Wildman–Crippen MR) is 113 cm³/mol. The Morgan fingerprint density at radius 1 is 0.966 bits per heavy atom. The number of halogens is 1. The van der Waals surface area contributed by atoms with E-state index in [2.05, 4.69) is 42.7 Å². The molecule has 2 atom stereocenters. The van der Waals surface area contributed by atoms with Gasteiger partial charge in [0.25, 0.3) is 0 Å². The van der Waals surface area contributed by atoms with E-state index in [1.165, 1.54) is 14.2 Å². The van der Waals surface area contributed by atoms with Gasteiger partial charge in [0.05, 0.1) is 20.3 Å². The van der Waals surface area contributed by atoms with Crippen LogP contribution in [-0.2, 0) is 35.2 Å². The molecule has 1 aromatic rings. The molecule has 1 rings (SSSR count). The largest absolute Gasteiger partial charge is 0.469 e. The highest BCUT2D eigenvalue weighted by Gasteiger charge is 2.25. The van der Waals surface area contributed by atoms with E-state index < -0.39 is 35.8 Å². The van der Waals surface area contributed by atoms with Gasteiger partial charge in [0.2, 0.25) is 11.8 Å². The van der Waals surface area contributed by atoms with Gasteiger partial charge < -0.3 is 25.8 Å². The summed E-state index contributed by atoms with van der Waals surface area (Å²) >= 11 is 2.18. The number of amides is 2. The highest BCUT2D eigenvalue weighted by molar-refractivity contribution is 14.1. The number of benzene rings is 1. The standard InChI is InChI=1S/C19H26IN3O6/c1-28-16(24)9-7-14(21)18(26)23-15(8-10-17(25)29-2)19(27)22-11-12-3-5-13(20)6-4-12/h3-6,14-15H,7-11,21H2,1-2H3,(H,22,27)(H,23,26). The molecule has 0 aliphatic rings. The minimum absolute atomic E-state index is 0.0169. The molecule has 0 spiro atoms. The van der Waals surface area contributed by atoms with Gasteiger partial charge in [0, 0.05) is 23.0 Å². The van der Waals surface area contributed by atoms with Crippen LogP contribution in [0.3, 0.4) is 0 Å². The summed E-state index contributed by atoms with van der Waals surface area (Å²) in [5.41, 5.74) is 6.68. The number of methoxy groups -OCH3 is 2. The van der Waals surface area contributed by atoms with E-state index >= 15 is 0 Å². The smallest absolute Gasteiger partial charge is 0.305 e. The molecule has 1 aromatic carbocycles. The van der Waals surface area contributed by atoms with Crippen LogP contribution < -0.4 is 16.4 Å². The van der Waals surface area contributed by atoms with Gasteiger partial charge in [-0.05, 0) is 53.1 Å². The molecule has 0 aliphatic carbocycles. The van der Waals surface area contributed by atoms with Crippen LogP contribution in [0.1, 0.15) is 31.2 Å². The van der Waals surface area contributed by atoms with Gasteiger partial charge in [-0.25, -0.2) is 0 Å². The Bertz CT molecular complexity index is 710. The first-order valence-electron chi connectivity index (χ1n) is 8.98. The molecule has 0 heterocycles. The number of hydrogen-bond donors (Lipinski definition) is 3. The zero-order valence-corrected chi connectivity index (χ0v) is 18.6. The van der Waals surface area contributed by atoms with Crippen LogP contribution in [0.4, 0.5) is 0 Å². The van der Waals surface area contributed by atoms with E-state index in [4.69, 9.17) is 5.73 Å². The highest BCUT2D eigenvalue weighted by Crippen LogP contribution is 2.07. The lowest BCUT2D eigenvalue weighted by Crippen LogP contribution is -2.51. The maximum absolute atomic E-state index is 12.6. The molecule has 0 aromatic heterocycles. The normalized spacial score (nSPS) is 12.4. The SMILES string of the molecule is COC(=O)CCC(N)C(=O)NC(CCC(=O)OC)C(=O)NCc1ccc(I)cc1. The lowest BCUT2D eigenvalue weighted by atomic mass is 10.1. The van der Waals surface area contributed by atoms with Crippen molar-refractivity contribution >= 4 is 46.3 Å². The average Bonchev–Trinajstić information content (AvgIpc) is 2.73. The van der Waals surface area contributed by atoms with E-state index in [0.29, 0.717) is 0 Å². The lowest BCUT2D eigenvalue weighted by molar-refractivity contribution is -0.142. The van der Waals surface area contributed by atoms with Gasteiger partial charge in [-0.15, -0.1) is 0 Å². The van der Waals surface area contributed by atoms with Crippen LogP contribution >= 0.6 is 22.6 Å². The molecular weight excluding hydrogens is 493 g/mol. The molecule has 2 unspecified atom stereocenters. The van der Waals surface area contributed by atoms with Gasteiger partial charge in [-0.3, -0.25) is 19.2 Å². The second-order valence-corrected chi connectivity index (χ2v) is 7.49. The van der Waals surface area contributed by atoms with Gasteiger partial charge in [0.1, 0.15) is 6.04 Å². The van der Waals surface area contributed by atoms with Crippen molar-refractivity contribution in [1.82, 2.24) is 10.6 Å². The summed E-state index contributed by atoms with van der Waals surface area (Å²) in [6.45, 7) is 0.273. The third-order valence-corrected chi connectivity index (χ3v) is 4.82. The monoisotopic (exact) mass is 519 g/mol. The fraction of sp³-hybridized carbons (Fsp3) is 0.474. The summed E-state index contributed by atoms with van der Waals surface area (Å²) in [5.74, 6) is -2.01. The number of nitrogens with one attached hydrogen (secondary N) is 2. The first kappa shape index (κ1) is 24.8. The summed E-state index contributed by atoms with van der Waals surface area (Å²) < 4.78 is 10.2. The van der Waals surface area contributed by atoms with Crippen molar-refractivity contribution in [3.63, 3.8) is 0 Å². The van der Waals surface area contributed by atoms with Crippen LogP contribution in [0.25, 0.3) is 0 Å². The Morgan fingerprint density at radius 3 is 2.07 bits per heavy atom. The molecule has 0 bridgehead atoms. The Morgan fingerprint density at radius 2 is 1.52 bits per heavy atom. The number of carbonyl (C=O) groups excluding carboxylic acids is 4. The third kappa shape index (κ3) is 9.70. The fourth-order valence-corrected chi connectivity index (χ4v) is 2.69. The molecule has 0 radical (unpaired) electrons. The molecule has 29 heavy (non-hydrogen) atoms. The Hall–Kier alpha value is -2.21. The topological polar surface area (TPSA) is 137 Å². The minimum atomic E-state index is -0.987. The first-order valence-corrected chi connectivity index (χ1v) is 10.1. The summed E-state index contributed by atoms with van der Waals surface area (Å²) in [4.78, 5) is 47.5. The second kappa shape index (κ2) is 13.1. The predicted octanol–water partition coefficient (Wildman–Crippen LogP) is 0.626. The quantitative estimate of drug-likeness (QED) is 0.288. The molecule has 4 N–H and O–H groups in total. The van der Waals surface area contributed by atoms with Crippen LogP contribution in [0, 0.1) is 3.57 Å². The molecule has 160 valence electrons. The van der Waals surface area contributed by atoms with Crippen molar-refractivity contribution < 1.29 is 28.7 Å². The summed E-state index contributed by atoms with van der Waals surface area (Å²) in [6.07, 6.45) is 0.0693. The number of esters is 2. The van der Waals surface area contributed by atoms with Crippen LogP contribution in [0.5, 0.6) is 0 Å².